The van der Waals surface area contributed by atoms with Gasteiger partial charge in [-0.2, -0.15) is 0 Å². The fourth-order valence-electron chi connectivity index (χ4n) is 3.25. The van der Waals surface area contributed by atoms with E-state index in [0.717, 1.165) is 30.8 Å². The van der Waals surface area contributed by atoms with Crippen LogP contribution in [0.1, 0.15) is 36.0 Å². The number of hydrogen-bond donors (Lipinski definition) is 1. The van der Waals surface area contributed by atoms with Crippen LogP contribution < -0.4 is 10.1 Å². The number of benzene rings is 2. The lowest BCUT2D eigenvalue weighted by Crippen LogP contribution is -2.32. The normalized spacial score (nSPS) is 14.2. The summed E-state index contributed by atoms with van der Waals surface area (Å²) < 4.78 is 5.18. The largest absolute Gasteiger partial charge is 0.497 e. The van der Waals surface area contributed by atoms with Gasteiger partial charge in [0.2, 0.25) is 5.91 Å². The smallest absolute Gasteiger partial charge is 0.254 e. The number of methoxy groups -OCH3 is 1. The highest BCUT2D eigenvalue weighted by Crippen LogP contribution is 2.25. The van der Waals surface area contributed by atoms with Crippen molar-refractivity contribution in [3.05, 3.63) is 54.1 Å². The van der Waals surface area contributed by atoms with Gasteiger partial charge < -0.3 is 15.0 Å². The number of anilines is 1. The summed E-state index contributed by atoms with van der Waals surface area (Å²) in [6, 6.07) is 14.8. The van der Waals surface area contributed by atoms with E-state index >= 15 is 0 Å². The van der Waals surface area contributed by atoms with Gasteiger partial charge in [-0.15, -0.1) is 11.8 Å². The molecule has 2 aromatic carbocycles. The molecule has 1 saturated heterocycles. The van der Waals surface area contributed by atoms with Crippen molar-refractivity contribution in [1.82, 2.24) is 4.90 Å². The molecule has 28 heavy (non-hydrogen) atoms. The topological polar surface area (TPSA) is 58.6 Å². The van der Waals surface area contributed by atoms with Crippen LogP contribution in [0.4, 0.5) is 5.69 Å². The monoisotopic (exact) mass is 398 g/mol. The summed E-state index contributed by atoms with van der Waals surface area (Å²) in [7, 11) is 1.59. The Morgan fingerprint density at radius 3 is 2.54 bits per heavy atom. The molecule has 0 spiro atoms. The van der Waals surface area contributed by atoms with E-state index in [1.807, 2.05) is 47.4 Å². The quantitative estimate of drug-likeness (QED) is 0.731. The van der Waals surface area contributed by atoms with E-state index in [1.54, 1.807) is 13.2 Å². The second-order valence-electron chi connectivity index (χ2n) is 6.77. The first-order valence-electron chi connectivity index (χ1n) is 9.62. The second kappa shape index (κ2) is 10.2. The molecule has 3 rings (SSSR count). The van der Waals surface area contributed by atoms with Crippen LogP contribution in [-0.2, 0) is 4.79 Å². The minimum Gasteiger partial charge on any atom is -0.497 e. The summed E-state index contributed by atoms with van der Waals surface area (Å²) in [6.45, 7) is 1.63. The summed E-state index contributed by atoms with van der Waals surface area (Å²) in [5.74, 6) is 0.883. The SMILES string of the molecule is COc1cccc(NC(=O)CSc2ccccc2C(=O)N2CCCCCC2)c1. The van der Waals surface area contributed by atoms with Gasteiger partial charge in [-0.1, -0.05) is 31.0 Å². The van der Waals surface area contributed by atoms with Crippen LogP contribution in [0.15, 0.2) is 53.4 Å². The predicted molar refractivity (Wildman–Crippen MR) is 113 cm³/mol. The molecule has 0 bridgehead atoms. The Morgan fingerprint density at radius 2 is 1.79 bits per heavy atom. The Morgan fingerprint density at radius 1 is 1.04 bits per heavy atom. The van der Waals surface area contributed by atoms with E-state index in [0.29, 0.717) is 17.0 Å². The molecule has 0 unspecified atom stereocenters. The molecule has 0 aliphatic carbocycles. The van der Waals surface area contributed by atoms with E-state index in [9.17, 15) is 9.59 Å². The number of nitrogens with one attached hydrogen (secondary N) is 1. The minimum absolute atomic E-state index is 0.0678. The average Bonchev–Trinajstić information content (AvgIpc) is 3.01. The number of amides is 2. The van der Waals surface area contributed by atoms with Crippen molar-refractivity contribution in [3.63, 3.8) is 0 Å². The highest BCUT2D eigenvalue weighted by molar-refractivity contribution is 8.00. The van der Waals surface area contributed by atoms with Crippen LogP contribution in [0.5, 0.6) is 5.75 Å². The minimum atomic E-state index is -0.115. The average molecular weight is 399 g/mol. The van der Waals surface area contributed by atoms with Gasteiger partial charge in [-0.3, -0.25) is 9.59 Å². The van der Waals surface area contributed by atoms with Crippen LogP contribution in [-0.4, -0.2) is 42.7 Å². The number of carbonyl (C=O) groups excluding carboxylic acids is 2. The van der Waals surface area contributed by atoms with Gasteiger partial charge >= 0.3 is 0 Å². The molecule has 1 heterocycles. The van der Waals surface area contributed by atoms with Gasteiger partial charge in [0.25, 0.3) is 5.91 Å². The lowest BCUT2D eigenvalue weighted by atomic mass is 10.2. The highest BCUT2D eigenvalue weighted by Gasteiger charge is 2.20. The second-order valence-corrected chi connectivity index (χ2v) is 7.79. The molecule has 2 amide bonds. The summed E-state index contributed by atoms with van der Waals surface area (Å²) in [5.41, 5.74) is 1.38. The molecule has 1 aliphatic heterocycles. The summed E-state index contributed by atoms with van der Waals surface area (Å²) in [6.07, 6.45) is 4.49. The van der Waals surface area contributed by atoms with Gasteiger partial charge in [0.05, 0.1) is 18.4 Å². The Hall–Kier alpha value is -2.47. The van der Waals surface area contributed by atoms with Crippen LogP contribution in [0.2, 0.25) is 0 Å². The zero-order valence-corrected chi connectivity index (χ0v) is 17.0. The molecular weight excluding hydrogens is 372 g/mol. The third kappa shape index (κ3) is 5.52. The zero-order chi connectivity index (χ0) is 19.8. The van der Waals surface area contributed by atoms with Gasteiger partial charge in [-0.25, -0.2) is 0 Å². The van der Waals surface area contributed by atoms with E-state index < -0.39 is 0 Å². The van der Waals surface area contributed by atoms with Gasteiger partial charge in [0.15, 0.2) is 0 Å². The molecule has 0 aromatic heterocycles. The number of nitrogens with zero attached hydrogens (tertiary/aromatic N) is 1. The maximum absolute atomic E-state index is 13.0. The fraction of sp³-hybridized carbons (Fsp3) is 0.364. The standard InChI is InChI=1S/C22H26N2O3S/c1-27-18-10-8-9-17(15-18)23-21(25)16-28-20-12-5-4-11-19(20)22(26)24-13-6-2-3-7-14-24/h4-5,8-12,15H,2-3,6-7,13-14,16H2,1H3,(H,23,25). The molecular formula is C22H26N2O3S. The van der Waals surface area contributed by atoms with Crippen molar-refractivity contribution >= 4 is 29.3 Å². The van der Waals surface area contributed by atoms with Crippen molar-refractivity contribution in [1.29, 1.82) is 0 Å². The van der Waals surface area contributed by atoms with E-state index in [1.165, 1.54) is 24.6 Å². The van der Waals surface area contributed by atoms with Crippen molar-refractivity contribution in [2.75, 3.05) is 31.3 Å². The molecule has 1 N–H and O–H groups in total. The van der Waals surface area contributed by atoms with Crippen molar-refractivity contribution in [3.8, 4) is 5.75 Å². The van der Waals surface area contributed by atoms with Gasteiger partial charge in [0.1, 0.15) is 5.75 Å². The fourth-order valence-corrected chi connectivity index (χ4v) is 4.10. The summed E-state index contributed by atoms with van der Waals surface area (Å²) in [4.78, 5) is 28.1. The molecule has 6 heteroatoms. The predicted octanol–water partition coefficient (Wildman–Crippen LogP) is 4.44. The first-order chi connectivity index (χ1) is 13.7. The first-order valence-corrected chi connectivity index (χ1v) is 10.6. The molecule has 0 saturated carbocycles. The Kier molecular flexibility index (Phi) is 7.37. The lowest BCUT2D eigenvalue weighted by molar-refractivity contribution is -0.113. The molecule has 0 radical (unpaired) electrons. The van der Waals surface area contributed by atoms with Crippen LogP contribution in [0, 0.1) is 0 Å². The van der Waals surface area contributed by atoms with E-state index in [-0.39, 0.29) is 17.6 Å². The zero-order valence-electron chi connectivity index (χ0n) is 16.1. The van der Waals surface area contributed by atoms with Crippen LogP contribution in [0.3, 0.4) is 0 Å². The number of carbonyl (C=O) groups is 2. The molecule has 5 nitrogen and oxygen atoms in total. The van der Waals surface area contributed by atoms with E-state index in [2.05, 4.69) is 5.32 Å². The maximum atomic E-state index is 13.0. The third-order valence-electron chi connectivity index (χ3n) is 4.72. The first kappa shape index (κ1) is 20.3. The van der Waals surface area contributed by atoms with Crippen molar-refractivity contribution in [2.45, 2.75) is 30.6 Å². The Bertz CT molecular complexity index is 817. The molecule has 148 valence electrons. The summed E-state index contributed by atoms with van der Waals surface area (Å²) in [5, 5.41) is 2.87. The summed E-state index contributed by atoms with van der Waals surface area (Å²) >= 11 is 1.39. The van der Waals surface area contributed by atoms with Gasteiger partial charge in [0, 0.05) is 29.7 Å². The van der Waals surface area contributed by atoms with E-state index in [4.69, 9.17) is 4.74 Å². The lowest BCUT2D eigenvalue weighted by Gasteiger charge is -2.21. The highest BCUT2D eigenvalue weighted by atomic mass is 32.2. The van der Waals surface area contributed by atoms with Crippen molar-refractivity contribution < 1.29 is 14.3 Å². The Labute approximate surface area is 170 Å². The number of rotatable bonds is 6. The van der Waals surface area contributed by atoms with Crippen LogP contribution in [0.25, 0.3) is 0 Å². The number of thioether (sulfide) groups is 1. The molecule has 1 aliphatic rings. The Balaban J connectivity index is 1.62. The van der Waals surface area contributed by atoms with Crippen LogP contribution >= 0.6 is 11.8 Å². The molecule has 1 fully saturated rings. The van der Waals surface area contributed by atoms with Crippen molar-refractivity contribution in [2.24, 2.45) is 0 Å². The number of ether oxygens (including phenoxy) is 1. The maximum Gasteiger partial charge on any atom is 0.254 e. The van der Waals surface area contributed by atoms with Gasteiger partial charge in [-0.05, 0) is 37.1 Å². The number of hydrogen-bond acceptors (Lipinski definition) is 4. The third-order valence-corrected chi connectivity index (χ3v) is 5.80. The number of likely N-dealkylation sites (tertiary alicyclic amines) is 1. The molecule has 2 aromatic rings. The molecule has 0 atom stereocenters.